The molecule has 0 spiro atoms. The lowest BCUT2D eigenvalue weighted by Crippen LogP contribution is -2.57. The van der Waals surface area contributed by atoms with Gasteiger partial charge >= 0.3 is 42.0 Å². The lowest BCUT2D eigenvalue weighted by molar-refractivity contribution is -0.191. The fraction of sp³-hybridized carbons (Fsp3) is 0.408. The molecule has 554 valence electrons. The highest BCUT2D eigenvalue weighted by Crippen LogP contribution is 2.43. The number of hydrogen-bond donors (Lipinski definition) is 11. The van der Waals surface area contributed by atoms with Crippen LogP contribution in [0.25, 0.3) is 22.3 Å². The molecule has 5 atom stereocenters. The zero-order valence-electron chi connectivity index (χ0n) is 57.9. The minimum atomic E-state index is -4.19. The second-order valence-corrected chi connectivity index (χ2v) is 26.7. The van der Waals surface area contributed by atoms with Crippen molar-refractivity contribution in [2.24, 2.45) is 5.92 Å². The van der Waals surface area contributed by atoms with Gasteiger partial charge in [0.05, 0.1) is 85.8 Å². The molecule has 3 aliphatic rings. The Labute approximate surface area is 598 Å². The molecule has 32 nitrogen and oxygen atoms in total. The number of rotatable bonds is 34. The van der Waals surface area contributed by atoms with Gasteiger partial charge in [-0.05, 0) is 116 Å². The van der Waals surface area contributed by atoms with Crippen molar-refractivity contribution in [1.29, 1.82) is 0 Å². The van der Waals surface area contributed by atoms with Crippen LogP contribution in [0.4, 0.5) is 37.1 Å². The summed E-state index contributed by atoms with van der Waals surface area (Å²) in [6.07, 6.45) is 0.288. The lowest BCUT2D eigenvalue weighted by atomic mass is 9.85. The molecule has 5 heterocycles. The number of para-hydroxylation sites is 1. The summed E-state index contributed by atoms with van der Waals surface area (Å²) in [4.78, 5) is 152. The van der Waals surface area contributed by atoms with Crippen LogP contribution < -0.4 is 52.8 Å². The van der Waals surface area contributed by atoms with E-state index in [2.05, 4.69) is 47.3 Å². The average Bonchev–Trinajstić information content (AvgIpc) is 1.48. The number of cyclic esters (lactones) is 1. The summed E-state index contributed by atoms with van der Waals surface area (Å²) in [6.45, 7) is 8.89. The van der Waals surface area contributed by atoms with Crippen LogP contribution in [0.1, 0.15) is 107 Å². The number of carbonyl (C=O) groups excluding carboxylic acids is 8. The van der Waals surface area contributed by atoms with Crippen LogP contribution >= 0.6 is 0 Å². The molecular weight excluding hydrogens is 1370 g/mol. The Balaban J connectivity index is 0.667. The number of aromatic nitrogens is 2. The summed E-state index contributed by atoms with van der Waals surface area (Å²) >= 11 is 0. The normalized spacial score (nSPS) is 15.9. The van der Waals surface area contributed by atoms with Crippen molar-refractivity contribution < 1.29 is 90.3 Å². The van der Waals surface area contributed by atoms with E-state index < -0.39 is 130 Å². The van der Waals surface area contributed by atoms with Crippen LogP contribution in [0.2, 0.25) is 0 Å². The molecule has 0 unspecified atom stereocenters. The standard InChI is InChI=1S/C71H84N12O20S/c1-6-25-72-68(94)76-45-15-12-17-47(34-45)104(97,98)81-46-16-11-14-42(33-46)54(36-59(85)86)79-70(96)75-44-23-21-43(22-24-44)74-69(95)73-26-28-99-29-30-100-31-32-101-40-58(84)77-55(37-60(87)88)65(91)82-27-13-20-56(82)63(89)80-61(41(4)5)66(92)103-71(8-3)52-35-57-62-50(38-83(57)64(90)51(52)39-102-67(71)93)48(7-2)49-18-9-10-19-53(49)78-62/h9-12,14-19,21-24,33-35,41,54-56,61,81H,6-8,13,20,25-32,36-40H2,1-5H3,(H,77,84)(H,80,89)(H,85,86)(H,87,88)(H2,72,76,94)(H2,73,74,95)(H2,75,79,96)/t54-,55-,56-,61-,71-/m0/s1. The maximum Gasteiger partial charge on any atom is 0.355 e. The number of amides is 9. The van der Waals surface area contributed by atoms with Crippen LogP contribution in [-0.2, 0) is 92.4 Å². The zero-order valence-corrected chi connectivity index (χ0v) is 58.7. The third-order valence-electron chi connectivity index (χ3n) is 17.5. The fourth-order valence-electron chi connectivity index (χ4n) is 12.4. The highest BCUT2D eigenvalue weighted by molar-refractivity contribution is 7.92. The molecule has 1 fully saturated rings. The number of carbonyl (C=O) groups is 10. The number of aliphatic carboxylic acids is 2. The SMILES string of the molecule is CCCNC(=O)Nc1cccc(S(=O)(=O)Nc2cccc([C@H](CC(=O)O)NC(=O)Nc3ccc(NC(=O)NCCOCCOCCOCC(=O)N[C@@H](CC(=O)O)C(=O)N4CCC[C@H]4C(=O)N[C@H](C(=O)O[C@]4(CC)C(=O)OCc5c4cc4n(c5=O)Cc5c-4nc4ccccc4c5CC)C(C)C)cc3)c2)c1. The van der Waals surface area contributed by atoms with Crippen LogP contribution in [0.3, 0.4) is 0 Å². The molecule has 104 heavy (non-hydrogen) atoms. The molecule has 0 bridgehead atoms. The quantitative estimate of drug-likeness (QED) is 0.0167. The van der Waals surface area contributed by atoms with E-state index in [0.29, 0.717) is 42.9 Å². The topological polar surface area (TPSA) is 438 Å². The minimum absolute atomic E-state index is 0.0143. The molecule has 11 N–H and O–H groups in total. The molecule has 33 heteroatoms. The number of carboxylic acids is 2. The molecule has 9 amide bonds. The highest BCUT2D eigenvalue weighted by atomic mass is 32.2. The smallest absolute Gasteiger partial charge is 0.355 e. The molecule has 0 saturated carbocycles. The Hall–Kier alpha value is -11.0. The molecule has 2 aromatic heterocycles. The second kappa shape index (κ2) is 35.2. The van der Waals surface area contributed by atoms with Gasteiger partial charge in [-0.1, -0.05) is 71.0 Å². The molecule has 1 saturated heterocycles. The molecular formula is C71H84N12O20S. The first kappa shape index (κ1) is 77.1. The molecule has 0 aliphatic carbocycles. The highest BCUT2D eigenvalue weighted by Gasteiger charge is 2.52. The van der Waals surface area contributed by atoms with E-state index in [-0.39, 0.29) is 111 Å². The number of urea groups is 3. The number of hydrogen-bond acceptors (Lipinski definition) is 19. The molecule has 9 rings (SSSR count). The maximum absolute atomic E-state index is 14.4. The Morgan fingerprint density at radius 2 is 1.36 bits per heavy atom. The summed E-state index contributed by atoms with van der Waals surface area (Å²) in [5.74, 6) is -7.67. The molecule has 6 aromatic rings. The summed E-state index contributed by atoms with van der Waals surface area (Å²) in [5, 5.41) is 41.2. The minimum Gasteiger partial charge on any atom is -0.481 e. The third-order valence-corrected chi connectivity index (χ3v) is 18.8. The van der Waals surface area contributed by atoms with Crippen LogP contribution in [-0.4, -0.2) is 170 Å². The number of nitrogens with one attached hydrogen (secondary N) is 9. The number of sulfonamides is 1. The number of carboxylic acid groups (broad SMARTS) is 2. The van der Waals surface area contributed by atoms with E-state index in [0.717, 1.165) is 26.9 Å². The van der Waals surface area contributed by atoms with Gasteiger partial charge in [-0.25, -0.2) is 37.4 Å². The number of aryl methyl sites for hydroxylation is 1. The molecule has 0 radical (unpaired) electrons. The van der Waals surface area contributed by atoms with E-state index in [1.807, 2.05) is 38.1 Å². The summed E-state index contributed by atoms with van der Waals surface area (Å²) in [6, 6.07) is 19.6. The predicted octanol–water partition coefficient (Wildman–Crippen LogP) is 5.83. The monoisotopic (exact) mass is 1460 g/mol. The van der Waals surface area contributed by atoms with Gasteiger partial charge < -0.3 is 85.9 Å². The van der Waals surface area contributed by atoms with Crippen molar-refractivity contribution in [3.8, 4) is 11.4 Å². The second-order valence-electron chi connectivity index (χ2n) is 25.0. The van der Waals surface area contributed by atoms with E-state index >= 15 is 0 Å². The maximum atomic E-state index is 14.4. The Morgan fingerprint density at radius 3 is 2.04 bits per heavy atom. The van der Waals surface area contributed by atoms with Crippen molar-refractivity contribution in [3.05, 3.63) is 141 Å². The fourth-order valence-corrected chi connectivity index (χ4v) is 13.5. The van der Waals surface area contributed by atoms with E-state index in [4.69, 9.17) is 28.7 Å². The predicted molar refractivity (Wildman–Crippen MR) is 378 cm³/mol. The van der Waals surface area contributed by atoms with Gasteiger partial charge in [0.1, 0.15) is 31.3 Å². The number of benzene rings is 4. The van der Waals surface area contributed by atoms with Gasteiger partial charge in [0.25, 0.3) is 15.6 Å². The first-order valence-corrected chi connectivity index (χ1v) is 35.5. The van der Waals surface area contributed by atoms with Crippen molar-refractivity contribution in [3.63, 3.8) is 0 Å². The summed E-state index contributed by atoms with van der Waals surface area (Å²) in [7, 11) is -4.19. The largest absolute Gasteiger partial charge is 0.481 e. The lowest BCUT2D eigenvalue weighted by Gasteiger charge is -2.37. The van der Waals surface area contributed by atoms with E-state index in [9.17, 15) is 71.4 Å². The molecule has 3 aliphatic heterocycles. The van der Waals surface area contributed by atoms with Crippen molar-refractivity contribution in [2.45, 2.75) is 127 Å². The number of anilines is 4. The van der Waals surface area contributed by atoms with Crippen molar-refractivity contribution >= 4 is 103 Å². The van der Waals surface area contributed by atoms with Gasteiger partial charge in [0, 0.05) is 58.9 Å². The van der Waals surface area contributed by atoms with Gasteiger partial charge in [0.15, 0.2) is 0 Å². The summed E-state index contributed by atoms with van der Waals surface area (Å²) in [5.41, 5.74) is 2.64. The van der Waals surface area contributed by atoms with Gasteiger partial charge in [-0.2, -0.15) is 0 Å². The zero-order chi connectivity index (χ0) is 74.8. The van der Waals surface area contributed by atoms with Gasteiger partial charge in [-0.3, -0.25) is 33.5 Å². The van der Waals surface area contributed by atoms with Crippen LogP contribution in [0, 0.1) is 5.92 Å². The van der Waals surface area contributed by atoms with Gasteiger partial charge in [0.2, 0.25) is 23.3 Å². The first-order valence-electron chi connectivity index (χ1n) is 34.0. The average molecular weight is 1460 g/mol. The number of pyridine rings is 2. The van der Waals surface area contributed by atoms with Gasteiger partial charge in [-0.15, -0.1) is 0 Å². The Morgan fingerprint density at radius 1 is 0.702 bits per heavy atom. The van der Waals surface area contributed by atoms with Crippen LogP contribution in [0.15, 0.2) is 113 Å². The number of nitrogens with zero attached hydrogens (tertiary/aromatic N) is 3. The number of likely N-dealkylation sites (tertiary alicyclic amines) is 1. The van der Waals surface area contributed by atoms with Crippen LogP contribution in [0.5, 0.6) is 0 Å². The van der Waals surface area contributed by atoms with E-state index in [1.165, 1.54) is 72.8 Å². The first-order chi connectivity index (χ1) is 49.8. The third kappa shape index (κ3) is 19.2. The Bertz CT molecular complexity index is 4400. The number of fused-ring (bicyclic) bond motifs is 5. The van der Waals surface area contributed by atoms with E-state index in [1.54, 1.807) is 31.4 Å². The Kier molecular flexibility index (Phi) is 26.1. The number of esters is 2. The number of ether oxygens (including phenoxy) is 5. The van der Waals surface area contributed by atoms with Crippen molar-refractivity contribution in [1.82, 2.24) is 41.0 Å². The molecule has 4 aromatic carbocycles. The summed E-state index contributed by atoms with van der Waals surface area (Å²) < 4.78 is 58.9. The van der Waals surface area contributed by atoms with Crippen molar-refractivity contribution in [2.75, 3.05) is 79.9 Å².